The topological polar surface area (TPSA) is 53.1 Å². The maximum atomic E-state index is 12.3. The van der Waals surface area contributed by atoms with Crippen molar-refractivity contribution in [3.8, 4) is 11.5 Å². The Kier molecular flexibility index (Phi) is 5.33. The van der Waals surface area contributed by atoms with Gasteiger partial charge in [0, 0.05) is 29.9 Å². The van der Waals surface area contributed by atoms with Gasteiger partial charge in [0.15, 0.2) is 0 Å². The van der Waals surface area contributed by atoms with Crippen molar-refractivity contribution < 1.29 is 18.8 Å². The van der Waals surface area contributed by atoms with E-state index >= 15 is 0 Å². The normalized spacial score (nSPS) is 18.9. The van der Waals surface area contributed by atoms with Gasteiger partial charge in [-0.2, -0.15) is 0 Å². The average Bonchev–Trinajstić information content (AvgIpc) is 3.18. The average molecular weight is 394 g/mol. The minimum absolute atomic E-state index is 0.282. The number of aryl methyl sites for hydroxylation is 2. The van der Waals surface area contributed by atoms with E-state index in [9.17, 15) is 4.79 Å². The van der Waals surface area contributed by atoms with E-state index in [1.54, 1.807) is 20.3 Å². The molecule has 5 heteroatoms. The van der Waals surface area contributed by atoms with Gasteiger partial charge in [0.2, 0.25) is 0 Å². The minimum Gasteiger partial charge on any atom is -0.497 e. The molecule has 1 fully saturated rings. The molecule has 0 radical (unpaired) electrons. The van der Waals surface area contributed by atoms with E-state index < -0.39 is 0 Å². The number of nitrogens with one attached hydrogen (secondary N) is 1. The van der Waals surface area contributed by atoms with Crippen LogP contribution in [0.4, 0.5) is 0 Å². The second-order valence-electron chi connectivity index (χ2n) is 7.86. The van der Waals surface area contributed by atoms with Gasteiger partial charge in [-0.05, 0) is 43.2 Å². The molecule has 1 unspecified atom stereocenters. The van der Waals surface area contributed by atoms with Crippen molar-refractivity contribution in [1.29, 1.82) is 0 Å². The maximum absolute atomic E-state index is 12.3. The molecular formula is C24H28NO4+. The van der Waals surface area contributed by atoms with E-state index in [0.29, 0.717) is 11.6 Å². The molecular weight excluding hydrogens is 366 g/mol. The highest BCUT2D eigenvalue weighted by Gasteiger charge is 2.33. The highest BCUT2D eigenvalue weighted by atomic mass is 16.5. The van der Waals surface area contributed by atoms with Crippen LogP contribution in [-0.4, -0.2) is 20.8 Å². The lowest BCUT2D eigenvalue weighted by Crippen LogP contribution is -3.08. The second kappa shape index (κ2) is 7.91. The quantitative estimate of drug-likeness (QED) is 0.675. The third-order valence-electron chi connectivity index (χ3n) is 6.23. The highest BCUT2D eigenvalue weighted by Crippen LogP contribution is 2.32. The van der Waals surface area contributed by atoms with Crippen LogP contribution in [0.25, 0.3) is 11.0 Å². The van der Waals surface area contributed by atoms with Crippen LogP contribution in [0.5, 0.6) is 11.5 Å². The number of fused-ring (bicyclic) bond motifs is 1. The molecule has 3 aromatic rings. The molecule has 0 saturated carbocycles. The fourth-order valence-electron chi connectivity index (χ4n) is 4.53. The molecule has 0 amide bonds. The van der Waals surface area contributed by atoms with Gasteiger partial charge in [-0.15, -0.1) is 0 Å². The van der Waals surface area contributed by atoms with E-state index in [1.165, 1.54) is 10.5 Å². The molecule has 4 rings (SSSR count). The summed E-state index contributed by atoms with van der Waals surface area (Å²) in [5.74, 6) is 1.73. The lowest BCUT2D eigenvalue weighted by molar-refractivity contribution is -0.931. The van der Waals surface area contributed by atoms with Crippen molar-refractivity contribution in [2.75, 3.05) is 20.8 Å². The van der Waals surface area contributed by atoms with Gasteiger partial charge < -0.3 is 18.8 Å². The molecule has 1 aliphatic heterocycles. The van der Waals surface area contributed by atoms with Crippen LogP contribution in [0.3, 0.4) is 0 Å². The van der Waals surface area contributed by atoms with Gasteiger partial charge in [-0.1, -0.05) is 12.1 Å². The summed E-state index contributed by atoms with van der Waals surface area (Å²) in [5, 5.41) is 1.03. The molecule has 152 valence electrons. The molecule has 1 saturated heterocycles. The highest BCUT2D eigenvalue weighted by molar-refractivity contribution is 5.83. The van der Waals surface area contributed by atoms with Gasteiger partial charge in [0.1, 0.15) is 29.7 Å². The van der Waals surface area contributed by atoms with Gasteiger partial charge in [-0.25, -0.2) is 4.79 Å². The summed E-state index contributed by atoms with van der Waals surface area (Å²) in [7, 11) is 3.39. The molecule has 0 bridgehead atoms. The van der Waals surface area contributed by atoms with Crippen molar-refractivity contribution in [3.05, 3.63) is 69.1 Å². The summed E-state index contributed by atoms with van der Waals surface area (Å²) < 4.78 is 16.6. The molecule has 2 atom stereocenters. The number of benzene rings is 2. The Morgan fingerprint density at radius 1 is 1.10 bits per heavy atom. The first kappa shape index (κ1) is 19.5. The van der Waals surface area contributed by atoms with Crippen LogP contribution in [0.2, 0.25) is 0 Å². The number of quaternary nitrogens is 1. The minimum atomic E-state index is -0.282. The summed E-state index contributed by atoms with van der Waals surface area (Å²) in [4.78, 5) is 13.7. The number of rotatable bonds is 5. The third-order valence-corrected chi connectivity index (χ3v) is 6.23. The lowest BCUT2D eigenvalue weighted by Gasteiger charge is -2.24. The molecule has 2 heterocycles. The zero-order valence-corrected chi connectivity index (χ0v) is 17.5. The van der Waals surface area contributed by atoms with Crippen LogP contribution < -0.4 is 20.0 Å². The third kappa shape index (κ3) is 3.62. The van der Waals surface area contributed by atoms with Crippen LogP contribution in [0.15, 0.2) is 45.6 Å². The predicted octanol–water partition coefficient (Wildman–Crippen LogP) is 3.35. The van der Waals surface area contributed by atoms with Gasteiger partial charge in [-0.3, -0.25) is 0 Å². The number of hydrogen-bond donors (Lipinski definition) is 1. The first-order valence-corrected chi connectivity index (χ1v) is 10.1. The summed E-state index contributed by atoms with van der Waals surface area (Å²) in [6, 6.07) is 12.1. The largest absolute Gasteiger partial charge is 0.497 e. The van der Waals surface area contributed by atoms with Crippen molar-refractivity contribution in [2.45, 2.75) is 39.3 Å². The molecule has 1 aromatic heterocycles. The van der Waals surface area contributed by atoms with Crippen LogP contribution in [-0.2, 0) is 6.54 Å². The SMILES string of the molecule is COc1ccc(OC)c([C@@H]2CCC[NH+]2Cc2cc(=O)oc3c(C)c(C)ccc23)c1. The Labute approximate surface area is 170 Å². The first-order valence-electron chi connectivity index (χ1n) is 10.1. The molecule has 0 spiro atoms. The van der Waals surface area contributed by atoms with E-state index in [2.05, 4.69) is 18.2 Å². The Balaban J connectivity index is 1.74. The fraction of sp³-hybridized carbons (Fsp3) is 0.375. The van der Waals surface area contributed by atoms with Crippen molar-refractivity contribution in [3.63, 3.8) is 0 Å². The van der Waals surface area contributed by atoms with E-state index in [-0.39, 0.29) is 5.63 Å². The summed E-state index contributed by atoms with van der Waals surface area (Å²) >= 11 is 0. The Hall–Kier alpha value is -2.79. The van der Waals surface area contributed by atoms with Crippen molar-refractivity contribution in [1.82, 2.24) is 0 Å². The Morgan fingerprint density at radius 3 is 2.69 bits per heavy atom. The van der Waals surface area contributed by atoms with Gasteiger partial charge >= 0.3 is 5.63 Å². The number of ether oxygens (including phenoxy) is 2. The smallest absolute Gasteiger partial charge is 0.336 e. The zero-order valence-electron chi connectivity index (χ0n) is 17.5. The van der Waals surface area contributed by atoms with Crippen LogP contribution in [0.1, 0.15) is 41.1 Å². The predicted molar refractivity (Wildman–Crippen MR) is 113 cm³/mol. The fourth-order valence-corrected chi connectivity index (χ4v) is 4.53. The second-order valence-corrected chi connectivity index (χ2v) is 7.86. The van der Waals surface area contributed by atoms with E-state index in [1.807, 2.05) is 26.0 Å². The monoisotopic (exact) mass is 394 g/mol. The lowest BCUT2D eigenvalue weighted by atomic mass is 10.0. The van der Waals surface area contributed by atoms with Gasteiger partial charge in [0.25, 0.3) is 0 Å². The molecule has 2 aromatic carbocycles. The van der Waals surface area contributed by atoms with E-state index in [0.717, 1.165) is 59.5 Å². The molecule has 1 N–H and O–H groups in total. The number of likely N-dealkylation sites (tertiary alicyclic amines) is 1. The Bertz CT molecular complexity index is 1100. The van der Waals surface area contributed by atoms with E-state index in [4.69, 9.17) is 13.9 Å². The molecule has 0 aliphatic carbocycles. The standard InChI is InChI=1S/C24H27NO4/c1-15-7-9-19-17(12-23(26)29-24(19)16(15)2)14-25-11-5-6-21(25)20-13-18(27-3)8-10-22(20)28-4/h7-10,12-13,21H,5-6,11,14H2,1-4H3/p+1/t21-/m0/s1. The van der Waals surface area contributed by atoms with Gasteiger partial charge in [0.05, 0.1) is 26.3 Å². The first-order chi connectivity index (χ1) is 14.0. The van der Waals surface area contributed by atoms with Crippen molar-refractivity contribution >= 4 is 11.0 Å². The maximum Gasteiger partial charge on any atom is 0.336 e. The summed E-state index contributed by atoms with van der Waals surface area (Å²) in [6.45, 7) is 5.88. The molecule has 29 heavy (non-hydrogen) atoms. The van der Waals surface area contributed by atoms with Crippen molar-refractivity contribution in [2.24, 2.45) is 0 Å². The number of hydrogen-bond acceptors (Lipinski definition) is 4. The molecule has 1 aliphatic rings. The zero-order chi connectivity index (χ0) is 20.5. The number of methoxy groups -OCH3 is 2. The van der Waals surface area contributed by atoms with Crippen LogP contribution >= 0.6 is 0 Å². The van der Waals surface area contributed by atoms with Crippen LogP contribution in [0, 0.1) is 13.8 Å². The Morgan fingerprint density at radius 2 is 1.93 bits per heavy atom. The summed E-state index contributed by atoms with van der Waals surface area (Å²) in [5.41, 5.74) is 4.80. The molecule has 5 nitrogen and oxygen atoms in total. The summed E-state index contributed by atoms with van der Waals surface area (Å²) in [6.07, 6.45) is 2.22.